The molecule has 4 rings (SSSR count). The van der Waals surface area contributed by atoms with E-state index in [4.69, 9.17) is 16.3 Å². The molecule has 0 aliphatic carbocycles. The van der Waals surface area contributed by atoms with Crippen molar-refractivity contribution >= 4 is 39.1 Å². The molecular formula is C32H31ClFN3O5S. The molecular weight excluding hydrogens is 593 g/mol. The van der Waals surface area contributed by atoms with E-state index < -0.39 is 40.2 Å². The minimum atomic E-state index is -4.27. The smallest absolute Gasteiger partial charge is 0.264 e. The van der Waals surface area contributed by atoms with Gasteiger partial charge in [-0.2, -0.15) is 0 Å². The lowest BCUT2D eigenvalue weighted by atomic mass is 10.0. The maximum Gasteiger partial charge on any atom is 0.264 e. The van der Waals surface area contributed by atoms with Crippen molar-refractivity contribution < 1.29 is 27.1 Å². The monoisotopic (exact) mass is 623 g/mol. The fraction of sp³-hybridized carbons (Fsp3) is 0.188. The highest BCUT2D eigenvalue weighted by atomic mass is 35.5. The van der Waals surface area contributed by atoms with Gasteiger partial charge in [0, 0.05) is 20.0 Å². The van der Waals surface area contributed by atoms with Gasteiger partial charge < -0.3 is 15.0 Å². The van der Waals surface area contributed by atoms with Gasteiger partial charge in [-0.05, 0) is 53.6 Å². The lowest BCUT2D eigenvalue weighted by Crippen LogP contribution is -2.53. The number of methoxy groups -OCH3 is 1. The van der Waals surface area contributed by atoms with E-state index in [2.05, 4.69) is 5.32 Å². The number of sulfonamides is 1. The van der Waals surface area contributed by atoms with Gasteiger partial charge >= 0.3 is 0 Å². The number of nitrogens with zero attached hydrogens (tertiary/aromatic N) is 2. The summed E-state index contributed by atoms with van der Waals surface area (Å²) >= 11 is 6.36. The number of nitrogens with one attached hydrogen (secondary N) is 1. The highest BCUT2D eigenvalue weighted by Gasteiger charge is 2.34. The summed E-state index contributed by atoms with van der Waals surface area (Å²) in [5, 5.41) is 2.77. The van der Waals surface area contributed by atoms with Crippen LogP contribution < -0.4 is 14.4 Å². The Morgan fingerprint density at radius 1 is 0.907 bits per heavy atom. The van der Waals surface area contributed by atoms with Crippen molar-refractivity contribution in [1.29, 1.82) is 0 Å². The first-order valence-electron chi connectivity index (χ1n) is 13.3. The largest absolute Gasteiger partial charge is 0.495 e. The third kappa shape index (κ3) is 7.71. The molecule has 0 saturated carbocycles. The Morgan fingerprint density at radius 3 is 2.12 bits per heavy atom. The average Bonchev–Trinajstić information content (AvgIpc) is 3.02. The number of hydrogen-bond acceptors (Lipinski definition) is 5. The molecule has 0 aliphatic rings. The normalized spacial score (nSPS) is 11.8. The fourth-order valence-electron chi connectivity index (χ4n) is 4.57. The van der Waals surface area contributed by atoms with E-state index >= 15 is 0 Å². The molecule has 8 nitrogen and oxygen atoms in total. The second-order valence-electron chi connectivity index (χ2n) is 9.61. The van der Waals surface area contributed by atoms with Crippen LogP contribution in [0.15, 0.2) is 108 Å². The molecule has 0 bridgehead atoms. The van der Waals surface area contributed by atoms with Crippen LogP contribution in [0, 0.1) is 5.82 Å². The third-order valence-electron chi connectivity index (χ3n) is 6.82. The summed E-state index contributed by atoms with van der Waals surface area (Å²) in [5.74, 6) is -1.22. The van der Waals surface area contributed by atoms with Crippen LogP contribution in [-0.2, 0) is 32.6 Å². The summed E-state index contributed by atoms with van der Waals surface area (Å²) in [6, 6.07) is 25.8. The molecule has 0 heterocycles. The summed E-state index contributed by atoms with van der Waals surface area (Å²) in [6.07, 6.45) is 0.160. The first-order valence-corrected chi connectivity index (χ1v) is 15.2. The van der Waals surface area contributed by atoms with Crippen molar-refractivity contribution in [3.63, 3.8) is 0 Å². The quantitative estimate of drug-likeness (QED) is 0.238. The lowest BCUT2D eigenvalue weighted by Gasteiger charge is -2.33. The molecule has 0 saturated heterocycles. The van der Waals surface area contributed by atoms with E-state index in [1.165, 1.54) is 73.7 Å². The SMILES string of the molecule is CNC(=O)[C@H](Cc1ccccc1)N(Cc1ccc(F)cc1)C(=O)CN(c1ccc(OC)c(Cl)c1)S(=O)(=O)c1ccccc1. The molecule has 4 aromatic carbocycles. The fourth-order valence-corrected chi connectivity index (χ4v) is 6.24. The summed E-state index contributed by atoms with van der Waals surface area (Å²) < 4.78 is 47.8. The summed E-state index contributed by atoms with van der Waals surface area (Å²) in [7, 11) is -1.37. The van der Waals surface area contributed by atoms with E-state index in [1.807, 2.05) is 30.3 Å². The van der Waals surface area contributed by atoms with Crippen molar-refractivity contribution in [2.75, 3.05) is 25.0 Å². The van der Waals surface area contributed by atoms with Crippen LogP contribution in [0.2, 0.25) is 5.02 Å². The zero-order chi connectivity index (χ0) is 31.0. The molecule has 0 aromatic heterocycles. The van der Waals surface area contributed by atoms with Gasteiger partial charge in [-0.1, -0.05) is 72.3 Å². The Labute approximate surface area is 255 Å². The summed E-state index contributed by atoms with van der Waals surface area (Å²) in [4.78, 5) is 28.8. The van der Waals surface area contributed by atoms with Crippen LogP contribution in [0.4, 0.5) is 10.1 Å². The summed E-state index contributed by atoms with van der Waals surface area (Å²) in [6.45, 7) is -0.726. The number of likely N-dealkylation sites (N-methyl/N-ethyl adjacent to an activating group) is 1. The second-order valence-corrected chi connectivity index (χ2v) is 11.9. The predicted molar refractivity (Wildman–Crippen MR) is 164 cm³/mol. The van der Waals surface area contributed by atoms with Crippen molar-refractivity contribution in [2.24, 2.45) is 0 Å². The van der Waals surface area contributed by atoms with Crippen LogP contribution >= 0.6 is 11.6 Å². The van der Waals surface area contributed by atoms with E-state index in [9.17, 15) is 22.4 Å². The maximum absolute atomic E-state index is 14.2. The van der Waals surface area contributed by atoms with Crippen LogP contribution in [0.3, 0.4) is 0 Å². The third-order valence-corrected chi connectivity index (χ3v) is 8.90. The number of rotatable bonds is 12. The Morgan fingerprint density at radius 2 is 1.53 bits per heavy atom. The Kier molecular flexibility index (Phi) is 10.4. The molecule has 0 radical (unpaired) electrons. The van der Waals surface area contributed by atoms with E-state index in [1.54, 1.807) is 18.2 Å². The molecule has 2 amide bonds. The van der Waals surface area contributed by atoms with E-state index in [0.29, 0.717) is 11.3 Å². The second kappa shape index (κ2) is 14.2. The number of carbonyl (C=O) groups is 2. The Hall–Kier alpha value is -4.41. The zero-order valence-electron chi connectivity index (χ0n) is 23.6. The van der Waals surface area contributed by atoms with Gasteiger partial charge in [0.1, 0.15) is 24.2 Å². The highest BCUT2D eigenvalue weighted by molar-refractivity contribution is 7.92. The van der Waals surface area contributed by atoms with Gasteiger partial charge in [0.25, 0.3) is 10.0 Å². The Bertz CT molecular complexity index is 1660. The summed E-state index contributed by atoms with van der Waals surface area (Å²) in [5.41, 5.74) is 1.48. The van der Waals surface area contributed by atoms with Crippen molar-refractivity contribution in [1.82, 2.24) is 10.2 Å². The van der Waals surface area contributed by atoms with Gasteiger partial charge in [-0.25, -0.2) is 12.8 Å². The van der Waals surface area contributed by atoms with Gasteiger partial charge in [-0.3, -0.25) is 13.9 Å². The number of halogens is 2. The number of hydrogen-bond donors (Lipinski definition) is 1. The lowest BCUT2D eigenvalue weighted by molar-refractivity contribution is -0.139. The molecule has 224 valence electrons. The minimum Gasteiger partial charge on any atom is -0.495 e. The Balaban J connectivity index is 1.80. The first-order chi connectivity index (χ1) is 20.6. The van der Waals surface area contributed by atoms with Crippen LogP contribution in [0.5, 0.6) is 5.75 Å². The molecule has 0 unspecified atom stereocenters. The van der Waals surface area contributed by atoms with Crippen molar-refractivity contribution in [2.45, 2.75) is 23.9 Å². The van der Waals surface area contributed by atoms with E-state index in [-0.39, 0.29) is 28.6 Å². The minimum absolute atomic E-state index is 0.0352. The van der Waals surface area contributed by atoms with Gasteiger partial charge in [0.05, 0.1) is 22.7 Å². The highest BCUT2D eigenvalue weighted by Crippen LogP contribution is 2.32. The molecule has 1 N–H and O–H groups in total. The topological polar surface area (TPSA) is 96.0 Å². The maximum atomic E-state index is 14.2. The van der Waals surface area contributed by atoms with Crippen molar-refractivity contribution in [3.05, 3.63) is 125 Å². The molecule has 1 atom stereocenters. The van der Waals surface area contributed by atoms with Crippen LogP contribution in [0.1, 0.15) is 11.1 Å². The molecule has 0 fully saturated rings. The zero-order valence-corrected chi connectivity index (χ0v) is 25.2. The molecule has 0 spiro atoms. The average molecular weight is 624 g/mol. The first kappa shape index (κ1) is 31.5. The number of benzene rings is 4. The van der Waals surface area contributed by atoms with Crippen LogP contribution in [-0.4, -0.2) is 51.9 Å². The number of anilines is 1. The van der Waals surface area contributed by atoms with E-state index in [0.717, 1.165) is 9.87 Å². The van der Waals surface area contributed by atoms with Gasteiger partial charge in [0.15, 0.2) is 0 Å². The number of carbonyl (C=O) groups excluding carboxylic acids is 2. The molecule has 11 heteroatoms. The van der Waals surface area contributed by atoms with Gasteiger partial charge in [0.2, 0.25) is 11.8 Å². The number of amides is 2. The van der Waals surface area contributed by atoms with Crippen LogP contribution in [0.25, 0.3) is 0 Å². The predicted octanol–water partition coefficient (Wildman–Crippen LogP) is 5.07. The van der Waals surface area contributed by atoms with Crippen molar-refractivity contribution in [3.8, 4) is 5.75 Å². The van der Waals surface area contributed by atoms with Gasteiger partial charge in [-0.15, -0.1) is 0 Å². The standard InChI is InChI=1S/C32H31ClFN3O5S/c1-35-32(39)29(19-23-9-5-3-6-10-23)36(21-24-13-15-25(34)16-14-24)31(38)22-37(26-17-18-30(42-2)28(33)20-26)43(40,41)27-11-7-4-8-12-27/h3-18,20,29H,19,21-22H2,1-2H3,(H,35,39)/t29-/m0/s1. The molecule has 0 aliphatic heterocycles. The number of ether oxygens (including phenoxy) is 1. The molecule has 43 heavy (non-hydrogen) atoms. The molecule has 4 aromatic rings.